The molecular weight excluding hydrogens is 362 g/mol. The molecule has 4 heterocycles. The van der Waals surface area contributed by atoms with Crippen LogP contribution in [0.3, 0.4) is 0 Å². The maximum absolute atomic E-state index is 6.31. The van der Waals surface area contributed by atoms with Crippen molar-refractivity contribution in [2.45, 2.75) is 13.0 Å². The number of hydrogen-bond donors (Lipinski definition) is 1. The number of nitrogens with zero attached hydrogens (tertiary/aromatic N) is 6. The van der Waals surface area contributed by atoms with Crippen molar-refractivity contribution in [2.24, 2.45) is 0 Å². The van der Waals surface area contributed by atoms with Crippen molar-refractivity contribution >= 4 is 29.2 Å². The van der Waals surface area contributed by atoms with Crippen LogP contribution in [0.15, 0.2) is 48.9 Å². The van der Waals surface area contributed by atoms with Gasteiger partial charge in [-0.15, -0.1) is 0 Å². The first-order valence-corrected chi connectivity index (χ1v) is 9.16. The highest BCUT2D eigenvalue weighted by atomic mass is 35.5. The SMILES string of the molecule is C[C@@H]1CN(c2ncccc2Cl)CCN1c1cc(-c2cccnc2)nc(N)n1. The van der Waals surface area contributed by atoms with E-state index in [0.29, 0.717) is 5.02 Å². The zero-order valence-electron chi connectivity index (χ0n) is 15.0. The third kappa shape index (κ3) is 3.64. The van der Waals surface area contributed by atoms with Crippen LogP contribution in [0.5, 0.6) is 0 Å². The zero-order valence-corrected chi connectivity index (χ0v) is 15.7. The lowest BCUT2D eigenvalue weighted by Crippen LogP contribution is -2.52. The lowest BCUT2D eigenvalue weighted by molar-refractivity contribution is 0.543. The maximum atomic E-state index is 6.31. The molecule has 3 aromatic rings. The highest BCUT2D eigenvalue weighted by Gasteiger charge is 2.27. The van der Waals surface area contributed by atoms with Crippen LogP contribution in [0.2, 0.25) is 5.02 Å². The van der Waals surface area contributed by atoms with E-state index < -0.39 is 0 Å². The molecule has 1 aliphatic rings. The van der Waals surface area contributed by atoms with Crippen LogP contribution in [0.25, 0.3) is 11.3 Å². The minimum atomic E-state index is 0.216. The smallest absolute Gasteiger partial charge is 0.222 e. The number of nitrogens with two attached hydrogens (primary N) is 1. The number of halogens is 1. The Balaban J connectivity index is 1.58. The van der Waals surface area contributed by atoms with Crippen molar-refractivity contribution in [1.29, 1.82) is 0 Å². The molecule has 4 rings (SSSR count). The summed E-state index contributed by atoms with van der Waals surface area (Å²) in [5, 5.41) is 0.670. The minimum absolute atomic E-state index is 0.216. The standard InChI is InChI=1S/C19H20ClN7/c1-13-12-26(18-15(20)5-3-7-23-18)8-9-27(13)17-10-16(24-19(21)25-17)14-4-2-6-22-11-14/h2-7,10-11,13H,8-9,12H2,1H3,(H2,21,24,25)/t13-/m1/s1. The Labute approximate surface area is 162 Å². The Morgan fingerprint density at radius 2 is 2.00 bits per heavy atom. The van der Waals surface area contributed by atoms with Crippen LogP contribution >= 0.6 is 11.6 Å². The van der Waals surface area contributed by atoms with E-state index in [1.54, 1.807) is 18.6 Å². The average Bonchev–Trinajstić information content (AvgIpc) is 2.68. The monoisotopic (exact) mass is 381 g/mol. The predicted octanol–water partition coefficient (Wildman–Crippen LogP) is 2.88. The molecule has 8 heteroatoms. The Hall–Kier alpha value is -2.93. The fourth-order valence-corrected chi connectivity index (χ4v) is 3.60. The molecule has 7 nitrogen and oxygen atoms in total. The molecule has 0 aromatic carbocycles. The first-order valence-electron chi connectivity index (χ1n) is 8.79. The Bertz CT molecular complexity index is 934. The molecule has 1 aliphatic heterocycles. The van der Waals surface area contributed by atoms with Gasteiger partial charge in [-0.3, -0.25) is 4.98 Å². The molecule has 1 saturated heterocycles. The van der Waals surface area contributed by atoms with Gasteiger partial charge in [-0.1, -0.05) is 11.6 Å². The molecule has 0 aliphatic carbocycles. The van der Waals surface area contributed by atoms with E-state index >= 15 is 0 Å². The maximum Gasteiger partial charge on any atom is 0.222 e. The van der Waals surface area contributed by atoms with Gasteiger partial charge in [0.2, 0.25) is 5.95 Å². The summed E-state index contributed by atoms with van der Waals surface area (Å²) in [6, 6.07) is 9.73. The fourth-order valence-electron chi connectivity index (χ4n) is 3.36. The molecule has 0 saturated carbocycles. The van der Waals surface area contributed by atoms with Crippen molar-refractivity contribution in [3.05, 3.63) is 53.9 Å². The zero-order chi connectivity index (χ0) is 18.8. The fraction of sp³-hybridized carbons (Fsp3) is 0.263. The van der Waals surface area contributed by atoms with Crippen LogP contribution in [0.1, 0.15) is 6.92 Å². The molecule has 0 amide bonds. The van der Waals surface area contributed by atoms with Crippen molar-refractivity contribution < 1.29 is 0 Å². The molecule has 1 fully saturated rings. The van der Waals surface area contributed by atoms with Gasteiger partial charge in [-0.25, -0.2) is 9.97 Å². The van der Waals surface area contributed by atoms with Crippen molar-refractivity contribution in [1.82, 2.24) is 19.9 Å². The van der Waals surface area contributed by atoms with E-state index in [2.05, 4.69) is 36.7 Å². The van der Waals surface area contributed by atoms with Gasteiger partial charge in [0.25, 0.3) is 0 Å². The quantitative estimate of drug-likeness (QED) is 0.746. The first kappa shape index (κ1) is 17.5. The van der Waals surface area contributed by atoms with Crippen LogP contribution in [-0.2, 0) is 0 Å². The Kier molecular flexibility index (Phi) is 4.77. The topological polar surface area (TPSA) is 84.1 Å². The molecule has 138 valence electrons. The van der Waals surface area contributed by atoms with E-state index in [-0.39, 0.29) is 12.0 Å². The number of hydrogen-bond acceptors (Lipinski definition) is 7. The van der Waals surface area contributed by atoms with Crippen molar-refractivity contribution in [2.75, 3.05) is 35.2 Å². The normalized spacial score (nSPS) is 17.2. The second-order valence-corrected chi connectivity index (χ2v) is 6.92. The third-order valence-corrected chi connectivity index (χ3v) is 4.94. The largest absolute Gasteiger partial charge is 0.368 e. The van der Waals surface area contributed by atoms with Gasteiger partial charge in [0.05, 0.1) is 10.7 Å². The molecule has 0 radical (unpaired) electrons. The molecule has 2 N–H and O–H groups in total. The second kappa shape index (κ2) is 7.36. The van der Waals surface area contributed by atoms with Crippen LogP contribution in [0, 0.1) is 0 Å². The summed E-state index contributed by atoms with van der Waals surface area (Å²) in [6.07, 6.45) is 5.28. The lowest BCUT2D eigenvalue weighted by Gasteiger charge is -2.41. The van der Waals surface area contributed by atoms with Crippen molar-refractivity contribution in [3.63, 3.8) is 0 Å². The van der Waals surface area contributed by atoms with Crippen LogP contribution in [0.4, 0.5) is 17.6 Å². The van der Waals surface area contributed by atoms with E-state index in [4.69, 9.17) is 17.3 Å². The summed E-state index contributed by atoms with van der Waals surface area (Å²) in [7, 11) is 0. The Morgan fingerprint density at radius 3 is 2.74 bits per heavy atom. The second-order valence-electron chi connectivity index (χ2n) is 6.51. The summed E-state index contributed by atoms with van der Waals surface area (Å²) >= 11 is 6.31. The number of piperazine rings is 1. The summed E-state index contributed by atoms with van der Waals surface area (Å²) in [5.41, 5.74) is 7.67. The highest BCUT2D eigenvalue weighted by Crippen LogP contribution is 2.28. The van der Waals surface area contributed by atoms with Crippen molar-refractivity contribution in [3.8, 4) is 11.3 Å². The lowest BCUT2D eigenvalue weighted by atomic mass is 10.1. The average molecular weight is 382 g/mol. The Morgan fingerprint density at radius 1 is 1.15 bits per heavy atom. The summed E-state index contributed by atoms with van der Waals surface area (Å²) < 4.78 is 0. The first-order chi connectivity index (χ1) is 13.1. The van der Waals surface area contributed by atoms with Gasteiger partial charge in [0.1, 0.15) is 11.6 Å². The van der Waals surface area contributed by atoms with E-state index in [0.717, 1.165) is 42.5 Å². The van der Waals surface area contributed by atoms with Gasteiger partial charge >= 0.3 is 0 Å². The van der Waals surface area contributed by atoms with E-state index in [9.17, 15) is 0 Å². The molecule has 27 heavy (non-hydrogen) atoms. The number of nitrogen functional groups attached to an aromatic ring is 1. The third-order valence-electron chi connectivity index (χ3n) is 4.65. The van der Waals surface area contributed by atoms with Gasteiger partial charge in [-0.05, 0) is 31.2 Å². The summed E-state index contributed by atoms with van der Waals surface area (Å²) in [6.45, 7) is 4.54. The highest BCUT2D eigenvalue weighted by molar-refractivity contribution is 6.32. The van der Waals surface area contributed by atoms with Crippen LogP contribution < -0.4 is 15.5 Å². The molecule has 0 spiro atoms. The van der Waals surface area contributed by atoms with Gasteiger partial charge in [-0.2, -0.15) is 4.98 Å². The van der Waals surface area contributed by atoms with Gasteiger partial charge in [0, 0.05) is 55.9 Å². The molecular formula is C19H20ClN7. The number of anilines is 3. The number of aromatic nitrogens is 4. The van der Waals surface area contributed by atoms with Gasteiger partial charge < -0.3 is 15.5 Å². The summed E-state index contributed by atoms with van der Waals surface area (Å²) in [5.74, 6) is 1.90. The van der Waals surface area contributed by atoms with Crippen LogP contribution in [-0.4, -0.2) is 45.6 Å². The summed E-state index contributed by atoms with van der Waals surface area (Å²) in [4.78, 5) is 21.9. The van der Waals surface area contributed by atoms with E-state index in [1.807, 2.05) is 30.3 Å². The predicted molar refractivity (Wildman–Crippen MR) is 108 cm³/mol. The van der Waals surface area contributed by atoms with E-state index in [1.165, 1.54) is 0 Å². The number of pyridine rings is 2. The molecule has 0 unspecified atom stereocenters. The minimum Gasteiger partial charge on any atom is -0.368 e. The number of rotatable bonds is 3. The molecule has 0 bridgehead atoms. The van der Waals surface area contributed by atoms with Gasteiger partial charge in [0.15, 0.2) is 0 Å². The molecule has 3 aromatic heterocycles. The molecule has 1 atom stereocenters.